The van der Waals surface area contributed by atoms with E-state index in [-0.39, 0.29) is 35.8 Å². The van der Waals surface area contributed by atoms with Gasteiger partial charge in [-0.1, -0.05) is 80.6 Å². The molecular formula is C33H37F3N4O6. The number of amides is 4. The number of benzene rings is 2. The van der Waals surface area contributed by atoms with Crippen molar-refractivity contribution in [3.8, 4) is 11.1 Å². The Morgan fingerprint density at radius 1 is 0.870 bits per heavy atom. The Balaban J connectivity index is 1.51. The molecule has 1 aliphatic heterocycles. The quantitative estimate of drug-likeness (QED) is 0.254. The average molecular weight is 643 g/mol. The van der Waals surface area contributed by atoms with Crippen LogP contribution in [0.3, 0.4) is 0 Å². The second-order valence-corrected chi connectivity index (χ2v) is 12.3. The predicted molar refractivity (Wildman–Crippen MR) is 160 cm³/mol. The summed E-state index contributed by atoms with van der Waals surface area (Å²) in [6.45, 7) is -0.481. The van der Waals surface area contributed by atoms with E-state index in [1.165, 1.54) is 12.1 Å². The number of halogens is 3. The normalized spacial score (nSPS) is 20.1. The molecule has 0 radical (unpaired) electrons. The third kappa shape index (κ3) is 6.64. The number of carbonyl (C=O) groups excluding carboxylic acids is 5. The molecule has 3 aliphatic rings. The highest BCUT2D eigenvalue weighted by molar-refractivity contribution is 6.05. The van der Waals surface area contributed by atoms with E-state index < -0.39 is 59.8 Å². The molecule has 0 spiro atoms. The van der Waals surface area contributed by atoms with E-state index in [9.17, 15) is 42.3 Å². The molecule has 2 fully saturated rings. The van der Waals surface area contributed by atoms with Crippen molar-refractivity contribution in [1.29, 1.82) is 0 Å². The van der Waals surface area contributed by atoms with Gasteiger partial charge in [-0.2, -0.15) is 13.2 Å². The van der Waals surface area contributed by atoms with Crippen molar-refractivity contribution in [2.75, 3.05) is 13.2 Å². The minimum atomic E-state index is -5.32. The number of aliphatic hydroxyl groups excluding tert-OH is 1. The highest BCUT2D eigenvalue weighted by Crippen LogP contribution is 2.48. The first-order chi connectivity index (χ1) is 22.0. The zero-order valence-corrected chi connectivity index (χ0v) is 25.1. The lowest BCUT2D eigenvalue weighted by molar-refractivity contribution is -0.176. The van der Waals surface area contributed by atoms with Crippen LogP contribution in [-0.2, 0) is 29.5 Å². The van der Waals surface area contributed by atoms with Gasteiger partial charge in [0.25, 0.3) is 5.91 Å². The maximum atomic E-state index is 14.5. The molecule has 1 saturated carbocycles. The summed E-state index contributed by atoms with van der Waals surface area (Å²) in [5, 5.41) is 19.5. The number of alkyl halides is 3. The smallest absolute Gasteiger partial charge is 0.389 e. The van der Waals surface area contributed by atoms with Gasteiger partial charge in [-0.05, 0) is 47.4 Å². The number of hydrogen-bond donors (Lipinski definition) is 5. The van der Waals surface area contributed by atoms with Gasteiger partial charge in [0.05, 0.1) is 6.04 Å². The molecule has 0 aromatic heterocycles. The Labute approximate surface area is 263 Å². The topological polar surface area (TPSA) is 154 Å². The van der Waals surface area contributed by atoms with Crippen LogP contribution in [0.2, 0.25) is 0 Å². The fourth-order valence-corrected chi connectivity index (χ4v) is 6.97. The van der Waals surface area contributed by atoms with Gasteiger partial charge in [0.1, 0.15) is 12.6 Å². The zero-order valence-electron chi connectivity index (χ0n) is 25.1. The molecule has 3 atom stereocenters. The fourth-order valence-electron chi connectivity index (χ4n) is 6.97. The Morgan fingerprint density at radius 2 is 1.48 bits per heavy atom. The van der Waals surface area contributed by atoms with Crippen LogP contribution in [0.5, 0.6) is 0 Å². The van der Waals surface area contributed by atoms with Crippen molar-refractivity contribution in [3.05, 3.63) is 59.7 Å². The highest BCUT2D eigenvalue weighted by atomic mass is 19.4. The maximum absolute atomic E-state index is 14.5. The zero-order chi connectivity index (χ0) is 33.1. The van der Waals surface area contributed by atoms with Crippen LogP contribution >= 0.6 is 0 Å². The number of ketones is 1. The van der Waals surface area contributed by atoms with Crippen LogP contribution in [0.25, 0.3) is 11.1 Å². The SMILES string of the molecule is O=C1NCC[C@H]1C[C@@H](NC(=O)[C@H](CC1CCCCC1)NC(=O)C1(NC(=O)C(F)(F)F)c2ccccc2-c2ccccc21)C(=O)CO. The van der Waals surface area contributed by atoms with E-state index >= 15 is 0 Å². The van der Waals surface area contributed by atoms with Crippen LogP contribution in [0.4, 0.5) is 13.2 Å². The van der Waals surface area contributed by atoms with Gasteiger partial charge in [0, 0.05) is 12.5 Å². The predicted octanol–water partition coefficient (Wildman–Crippen LogP) is 2.62. The molecule has 5 rings (SSSR count). The number of fused-ring (bicyclic) bond motifs is 3. The molecule has 0 unspecified atom stereocenters. The highest BCUT2D eigenvalue weighted by Gasteiger charge is 2.54. The van der Waals surface area contributed by atoms with E-state index in [0.29, 0.717) is 24.1 Å². The van der Waals surface area contributed by atoms with Gasteiger partial charge < -0.3 is 26.4 Å². The number of rotatable bonds is 11. The van der Waals surface area contributed by atoms with Crippen molar-refractivity contribution < 1.29 is 42.3 Å². The summed E-state index contributed by atoms with van der Waals surface area (Å²) < 4.78 is 41.2. The third-order valence-electron chi connectivity index (χ3n) is 9.31. The van der Waals surface area contributed by atoms with E-state index in [4.69, 9.17) is 0 Å². The van der Waals surface area contributed by atoms with Gasteiger partial charge in [0.2, 0.25) is 11.8 Å². The second kappa shape index (κ2) is 13.6. The lowest BCUT2D eigenvalue weighted by Crippen LogP contribution is -2.62. The van der Waals surface area contributed by atoms with E-state index in [1.54, 1.807) is 36.4 Å². The van der Waals surface area contributed by atoms with Gasteiger partial charge >= 0.3 is 12.1 Å². The first kappa shape index (κ1) is 33.1. The Hall–Kier alpha value is -4.26. The number of aliphatic hydroxyl groups is 1. The second-order valence-electron chi connectivity index (χ2n) is 12.3. The lowest BCUT2D eigenvalue weighted by atomic mass is 9.83. The standard InChI is InChI=1S/C33H37F3N4O6/c34-33(35,36)31(46)40-32(23-12-6-4-10-21(23)22-11-5-7-13-24(22)32)30(45)39-26(16-19-8-2-1-3-9-19)29(44)38-25(27(42)18-41)17-20-14-15-37-28(20)43/h4-7,10-13,19-20,25-26,41H,1-3,8-9,14-18H2,(H,37,43)(H,38,44)(H,39,45)(H,40,46)/t20-,25+,26-/m0/s1. The summed E-state index contributed by atoms with van der Waals surface area (Å²) in [4.78, 5) is 65.8. The maximum Gasteiger partial charge on any atom is 0.471 e. The summed E-state index contributed by atoms with van der Waals surface area (Å²) in [7, 11) is 0. The molecule has 1 heterocycles. The van der Waals surface area contributed by atoms with Crippen molar-refractivity contribution in [1.82, 2.24) is 21.3 Å². The van der Waals surface area contributed by atoms with Gasteiger partial charge in [0.15, 0.2) is 11.3 Å². The first-order valence-electron chi connectivity index (χ1n) is 15.6. The van der Waals surface area contributed by atoms with E-state index in [0.717, 1.165) is 32.1 Å². The average Bonchev–Trinajstić information content (AvgIpc) is 3.58. The van der Waals surface area contributed by atoms with Crippen LogP contribution in [0.15, 0.2) is 48.5 Å². The Kier molecular flexibility index (Phi) is 9.80. The summed E-state index contributed by atoms with van der Waals surface area (Å²) in [6.07, 6.45) is -0.457. The summed E-state index contributed by atoms with van der Waals surface area (Å²) in [6, 6.07) is 10.1. The van der Waals surface area contributed by atoms with Crippen LogP contribution in [-0.4, -0.2) is 65.9 Å². The molecule has 2 aliphatic carbocycles. The van der Waals surface area contributed by atoms with E-state index in [2.05, 4.69) is 16.0 Å². The number of hydrogen-bond acceptors (Lipinski definition) is 6. The molecule has 5 N–H and O–H groups in total. The molecule has 2 aromatic rings. The van der Waals surface area contributed by atoms with Gasteiger partial charge in [-0.3, -0.25) is 24.0 Å². The Bertz CT molecular complexity index is 1460. The molecule has 10 nitrogen and oxygen atoms in total. The van der Waals surface area contributed by atoms with Crippen molar-refractivity contribution in [2.45, 2.75) is 75.2 Å². The molecular weight excluding hydrogens is 605 g/mol. The Morgan fingerprint density at radius 3 is 2.02 bits per heavy atom. The van der Waals surface area contributed by atoms with Crippen LogP contribution in [0.1, 0.15) is 62.5 Å². The summed E-state index contributed by atoms with van der Waals surface area (Å²) >= 11 is 0. The van der Waals surface area contributed by atoms with E-state index in [1.807, 2.05) is 5.32 Å². The van der Waals surface area contributed by atoms with Crippen LogP contribution in [0, 0.1) is 11.8 Å². The van der Waals surface area contributed by atoms with Crippen molar-refractivity contribution >= 4 is 29.4 Å². The van der Waals surface area contributed by atoms with Crippen LogP contribution < -0.4 is 21.3 Å². The molecule has 246 valence electrons. The summed E-state index contributed by atoms with van der Waals surface area (Å²) in [5.41, 5.74) is -1.19. The first-order valence-corrected chi connectivity index (χ1v) is 15.6. The van der Waals surface area contributed by atoms with Gasteiger partial charge in [-0.15, -0.1) is 0 Å². The lowest BCUT2D eigenvalue weighted by Gasteiger charge is -2.35. The van der Waals surface area contributed by atoms with Crippen molar-refractivity contribution in [3.63, 3.8) is 0 Å². The number of carbonyl (C=O) groups is 5. The fraction of sp³-hybridized carbons (Fsp3) is 0.485. The minimum Gasteiger partial charge on any atom is -0.389 e. The monoisotopic (exact) mass is 642 g/mol. The number of Topliss-reactive ketones (excluding diaryl/α,β-unsaturated/α-hetero) is 1. The third-order valence-corrected chi connectivity index (χ3v) is 9.31. The summed E-state index contributed by atoms with van der Waals surface area (Å²) in [5.74, 6) is -5.72. The van der Waals surface area contributed by atoms with Gasteiger partial charge in [-0.25, -0.2) is 0 Å². The molecule has 0 bridgehead atoms. The minimum absolute atomic E-state index is 0.00118. The largest absolute Gasteiger partial charge is 0.471 e. The molecule has 4 amide bonds. The molecule has 1 saturated heterocycles. The van der Waals surface area contributed by atoms with Crippen molar-refractivity contribution in [2.24, 2.45) is 11.8 Å². The molecule has 46 heavy (non-hydrogen) atoms. The molecule has 13 heteroatoms. The number of nitrogens with one attached hydrogen (secondary N) is 4. The molecule has 2 aromatic carbocycles.